The molecule has 0 unspecified atom stereocenters. The monoisotopic (exact) mass is 368 g/mol. The number of rotatable bonds is 4. The van der Waals surface area contributed by atoms with Crippen LogP contribution in [-0.4, -0.2) is 56.0 Å². The summed E-state index contributed by atoms with van der Waals surface area (Å²) in [6.07, 6.45) is 3.34. The van der Waals surface area contributed by atoms with E-state index < -0.39 is 10.0 Å². The summed E-state index contributed by atoms with van der Waals surface area (Å²) in [4.78, 5) is 10.4. The average Bonchev–Trinajstić information content (AvgIpc) is 2.62. The van der Waals surface area contributed by atoms with Gasteiger partial charge in [0.25, 0.3) is 0 Å². The number of aromatic nitrogens is 2. The van der Waals surface area contributed by atoms with Gasteiger partial charge < -0.3 is 9.64 Å². The van der Waals surface area contributed by atoms with Crippen molar-refractivity contribution in [1.29, 1.82) is 0 Å². The number of benzene rings is 1. The van der Waals surface area contributed by atoms with Crippen molar-refractivity contribution in [3.05, 3.63) is 41.7 Å². The van der Waals surface area contributed by atoms with Gasteiger partial charge in [-0.25, -0.2) is 18.4 Å². The Hall–Kier alpha value is -1.90. The van der Waals surface area contributed by atoms with Gasteiger partial charge in [0.2, 0.25) is 16.0 Å². The Bertz CT molecular complexity index is 809. The van der Waals surface area contributed by atoms with E-state index in [0.29, 0.717) is 37.1 Å². The van der Waals surface area contributed by atoms with Crippen LogP contribution in [0.5, 0.6) is 5.75 Å². The summed E-state index contributed by atoms with van der Waals surface area (Å²) in [6, 6.07) is 6.32. The Morgan fingerprint density at radius 2 is 1.79 bits per heavy atom. The first-order chi connectivity index (χ1) is 11.5. The van der Waals surface area contributed by atoms with E-state index in [1.807, 2.05) is 4.90 Å². The second kappa shape index (κ2) is 6.92. The highest BCUT2D eigenvalue weighted by atomic mass is 35.5. The Labute approximate surface area is 145 Å². The SMILES string of the molecule is COc1ccc(Cl)cc1S(=O)(=O)N1CCN(c2ncccn2)CC1. The molecule has 128 valence electrons. The van der Waals surface area contributed by atoms with Crippen LogP contribution in [0.4, 0.5) is 5.95 Å². The molecule has 24 heavy (non-hydrogen) atoms. The van der Waals surface area contributed by atoms with Crippen LogP contribution in [0.3, 0.4) is 0 Å². The number of hydrogen-bond donors (Lipinski definition) is 0. The van der Waals surface area contributed by atoms with E-state index in [9.17, 15) is 8.42 Å². The van der Waals surface area contributed by atoms with Crippen LogP contribution in [0.25, 0.3) is 0 Å². The minimum absolute atomic E-state index is 0.0851. The first kappa shape index (κ1) is 16.9. The van der Waals surface area contributed by atoms with E-state index in [2.05, 4.69) is 9.97 Å². The van der Waals surface area contributed by atoms with Gasteiger partial charge >= 0.3 is 0 Å². The van der Waals surface area contributed by atoms with E-state index in [4.69, 9.17) is 16.3 Å². The lowest BCUT2D eigenvalue weighted by atomic mass is 10.3. The lowest BCUT2D eigenvalue weighted by Crippen LogP contribution is -2.49. The molecule has 1 aromatic heterocycles. The van der Waals surface area contributed by atoms with Gasteiger partial charge in [-0.05, 0) is 24.3 Å². The van der Waals surface area contributed by atoms with Crippen LogP contribution in [0, 0.1) is 0 Å². The molecule has 0 radical (unpaired) electrons. The largest absolute Gasteiger partial charge is 0.495 e. The second-order valence-corrected chi connectivity index (χ2v) is 7.58. The number of halogens is 1. The van der Waals surface area contributed by atoms with Gasteiger partial charge in [-0.3, -0.25) is 0 Å². The molecule has 0 bridgehead atoms. The molecule has 1 fully saturated rings. The molecule has 1 aliphatic heterocycles. The topological polar surface area (TPSA) is 75.6 Å². The van der Waals surface area contributed by atoms with Gasteiger partial charge in [0.1, 0.15) is 10.6 Å². The van der Waals surface area contributed by atoms with Crippen molar-refractivity contribution in [1.82, 2.24) is 14.3 Å². The quantitative estimate of drug-likeness (QED) is 0.816. The minimum atomic E-state index is -3.68. The van der Waals surface area contributed by atoms with E-state index in [1.54, 1.807) is 30.6 Å². The predicted octanol–water partition coefficient (Wildman–Crippen LogP) is 1.65. The maximum atomic E-state index is 12.9. The highest BCUT2D eigenvalue weighted by molar-refractivity contribution is 7.89. The molecule has 3 rings (SSSR count). The second-order valence-electron chi connectivity index (χ2n) is 5.24. The fraction of sp³-hybridized carbons (Fsp3) is 0.333. The summed E-state index contributed by atoms with van der Waals surface area (Å²) in [6.45, 7) is 1.73. The fourth-order valence-corrected chi connectivity index (χ4v) is 4.41. The molecule has 1 aromatic carbocycles. The highest BCUT2D eigenvalue weighted by Gasteiger charge is 2.31. The van der Waals surface area contributed by atoms with Crippen LogP contribution < -0.4 is 9.64 Å². The summed E-state index contributed by atoms with van der Waals surface area (Å²) in [5, 5.41) is 0.352. The number of sulfonamides is 1. The van der Waals surface area contributed by atoms with Gasteiger partial charge in [0.05, 0.1) is 7.11 Å². The summed E-state index contributed by atoms with van der Waals surface area (Å²) >= 11 is 5.96. The van der Waals surface area contributed by atoms with E-state index in [1.165, 1.54) is 17.5 Å². The van der Waals surface area contributed by atoms with Crippen molar-refractivity contribution in [2.45, 2.75) is 4.90 Å². The van der Waals surface area contributed by atoms with Crippen molar-refractivity contribution in [2.75, 3.05) is 38.2 Å². The Morgan fingerprint density at radius 3 is 2.42 bits per heavy atom. The van der Waals surface area contributed by atoms with Crippen molar-refractivity contribution in [3.63, 3.8) is 0 Å². The van der Waals surface area contributed by atoms with E-state index >= 15 is 0 Å². The molecule has 0 amide bonds. The molecule has 7 nitrogen and oxygen atoms in total. The highest BCUT2D eigenvalue weighted by Crippen LogP contribution is 2.30. The summed E-state index contributed by atoms with van der Waals surface area (Å²) in [5.74, 6) is 0.892. The average molecular weight is 369 g/mol. The van der Waals surface area contributed by atoms with E-state index in [0.717, 1.165) is 0 Å². The Morgan fingerprint density at radius 1 is 1.12 bits per heavy atom. The minimum Gasteiger partial charge on any atom is -0.495 e. The van der Waals surface area contributed by atoms with Gasteiger partial charge in [0.15, 0.2) is 0 Å². The van der Waals surface area contributed by atoms with Gasteiger partial charge in [-0.15, -0.1) is 0 Å². The van der Waals surface area contributed by atoms with Crippen LogP contribution >= 0.6 is 11.6 Å². The van der Waals surface area contributed by atoms with Crippen molar-refractivity contribution < 1.29 is 13.2 Å². The molecule has 0 N–H and O–H groups in total. The molecular formula is C15H17ClN4O3S. The summed E-state index contributed by atoms with van der Waals surface area (Å²) in [5.41, 5.74) is 0. The zero-order valence-electron chi connectivity index (χ0n) is 13.1. The van der Waals surface area contributed by atoms with Gasteiger partial charge in [-0.1, -0.05) is 11.6 Å². The number of hydrogen-bond acceptors (Lipinski definition) is 6. The third-order valence-electron chi connectivity index (χ3n) is 3.82. The molecule has 9 heteroatoms. The first-order valence-electron chi connectivity index (χ1n) is 7.38. The van der Waals surface area contributed by atoms with Crippen LogP contribution in [0.15, 0.2) is 41.6 Å². The third kappa shape index (κ3) is 3.31. The molecular weight excluding hydrogens is 352 g/mol. The Balaban J connectivity index is 1.79. The molecule has 0 saturated carbocycles. The summed E-state index contributed by atoms with van der Waals surface area (Å²) in [7, 11) is -2.24. The lowest BCUT2D eigenvalue weighted by molar-refractivity contribution is 0.373. The predicted molar refractivity (Wildman–Crippen MR) is 91.0 cm³/mol. The normalized spacial score (nSPS) is 16.2. The number of anilines is 1. The maximum Gasteiger partial charge on any atom is 0.246 e. The first-order valence-corrected chi connectivity index (χ1v) is 9.20. The molecule has 1 saturated heterocycles. The number of piperazine rings is 1. The number of nitrogens with zero attached hydrogens (tertiary/aromatic N) is 4. The molecule has 1 aliphatic rings. The Kier molecular flexibility index (Phi) is 4.88. The van der Waals surface area contributed by atoms with E-state index in [-0.39, 0.29) is 10.6 Å². The zero-order valence-corrected chi connectivity index (χ0v) is 14.7. The number of methoxy groups -OCH3 is 1. The molecule has 0 aliphatic carbocycles. The standard InChI is InChI=1S/C15H17ClN4O3S/c1-23-13-4-3-12(16)11-14(13)24(21,22)20-9-7-19(8-10-20)15-17-5-2-6-18-15/h2-6,11H,7-10H2,1H3. The number of ether oxygens (including phenoxy) is 1. The smallest absolute Gasteiger partial charge is 0.246 e. The molecule has 2 heterocycles. The van der Waals surface area contributed by atoms with Crippen LogP contribution in [0.2, 0.25) is 5.02 Å². The third-order valence-corrected chi connectivity index (χ3v) is 5.97. The van der Waals surface area contributed by atoms with Crippen molar-refractivity contribution >= 4 is 27.6 Å². The molecule has 0 atom stereocenters. The maximum absolute atomic E-state index is 12.9. The van der Waals surface area contributed by atoms with Gasteiger partial charge in [0, 0.05) is 43.6 Å². The van der Waals surface area contributed by atoms with Crippen LogP contribution in [0.1, 0.15) is 0 Å². The van der Waals surface area contributed by atoms with Crippen LogP contribution in [-0.2, 0) is 10.0 Å². The van der Waals surface area contributed by atoms with Crippen molar-refractivity contribution in [2.24, 2.45) is 0 Å². The zero-order chi connectivity index (χ0) is 17.2. The lowest BCUT2D eigenvalue weighted by Gasteiger charge is -2.34. The fourth-order valence-electron chi connectivity index (χ4n) is 2.57. The molecule has 0 spiro atoms. The van der Waals surface area contributed by atoms with Gasteiger partial charge in [-0.2, -0.15) is 4.31 Å². The molecule has 2 aromatic rings. The summed E-state index contributed by atoms with van der Waals surface area (Å²) < 4.78 is 32.4. The van der Waals surface area contributed by atoms with Crippen molar-refractivity contribution in [3.8, 4) is 5.75 Å².